The Bertz CT molecular complexity index is 1090. The summed E-state index contributed by atoms with van der Waals surface area (Å²) in [7, 11) is 0. The molecular weight excluding hydrogens is 420 g/mol. The molecule has 0 aromatic carbocycles. The summed E-state index contributed by atoms with van der Waals surface area (Å²) in [5, 5.41) is 3.61. The summed E-state index contributed by atoms with van der Waals surface area (Å²) in [5.74, 6) is 1.56. The van der Waals surface area contributed by atoms with Gasteiger partial charge < -0.3 is 10.2 Å². The van der Waals surface area contributed by atoms with Crippen molar-refractivity contribution in [2.24, 2.45) is 4.99 Å². The molecule has 2 aliphatic rings. The van der Waals surface area contributed by atoms with Crippen LogP contribution in [0.5, 0.6) is 0 Å². The van der Waals surface area contributed by atoms with Gasteiger partial charge in [0.15, 0.2) is 11.5 Å². The number of anilines is 1. The highest BCUT2D eigenvalue weighted by atomic mass is 79.9. The number of imidazole rings is 1. The van der Waals surface area contributed by atoms with Gasteiger partial charge in [-0.3, -0.25) is 9.39 Å². The molecule has 1 N–H and O–H groups in total. The van der Waals surface area contributed by atoms with Crippen LogP contribution in [0.15, 0.2) is 52.1 Å². The lowest BCUT2D eigenvalue weighted by Gasteiger charge is -2.41. The maximum absolute atomic E-state index is 4.87. The first-order valence-corrected chi connectivity index (χ1v) is 10.0. The van der Waals surface area contributed by atoms with E-state index in [0.717, 1.165) is 41.4 Å². The van der Waals surface area contributed by atoms with E-state index in [4.69, 9.17) is 4.98 Å². The van der Waals surface area contributed by atoms with E-state index in [-0.39, 0.29) is 12.1 Å². The fourth-order valence-corrected chi connectivity index (χ4v) is 4.16. The number of fused-ring (bicyclic) bond motifs is 1. The second-order valence-corrected chi connectivity index (χ2v) is 7.70. The number of piperazine rings is 1. The normalized spacial score (nSPS) is 22.1. The van der Waals surface area contributed by atoms with E-state index in [1.807, 2.05) is 29.1 Å². The smallest absolute Gasteiger partial charge is 0.180 e. The summed E-state index contributed by atoms with van der Waals surface area (Å²) in [5.41, 5.74) is 2.85. The lowest BCUT2D eigenvalue weighted by atomic mass is 9.98. The molecule has 9 heteroatoms. The predicted octanol–water partition coefficient (Wildman–Crippen LogP) is 2.13. The quantitative estimate of drug-likeness (QED) is 0.674. The Morgan fingerprint density at radius 2 is 2.14 bits per heavy atom. The molecule has 0 bridgehead atoms. The molecule has 2 unspecified atom stereocenters. The molecule has 0 radical (unpaired) electrons. The van der Waals surface area contributed by atoms with Crippen LogP contribution in [0.1, 0.15) is 6.92 Å². The first-order valence-electron chi connectivity index (χ1n) is 9.22. The molecule has 1 fully saturated rings. The van der Waals surface area contributed by atoms with Crippen LogP contribution >= 0.6 is 15.9 Å². The summed E-state index contributed by atoms with van der Waals surface area (Å²) >= 11 is 3.42. The van der Waals surface area contributed by atoms with Crippen molar-refractivity contribution >= 4 is 33.6 Å². The average molecular weight is 439 g/mol. The minimum atomic E-state index is 0.247. The van der Waals surface area contributed by atoms with Crippen molar-refractivity contribution in [1.82, 2.24) is 29.7 Å². The highest BCUT2D eigenvalue weighted by molar-refractivity contribution is 9.10. The molecule has 2 aliphatic heterocycles. The first-order chi connectivity index (χ1) is 13.7. The summed E-state index contributed by atoms with van der Waals surface area (Å²) < 4.78 is 2.68. The fraction of sp³-hybridized carbons (Fsp3) is 0.316. The van der Waals surface area contributed by atoms with Gasteiger partial charge in [-0.05, 0) is 34.5 Å². The first kappa shape index (κ1) is 17.4. The third-order valence-corrected chi connectivity index (χ3v) is 5.66. The Hall–Kier alpha value is -2.65. The Labute approximate surface area is 170 Å². The van der Waals surface area contributed by atoms with Crippen LogP contribution < -0.4 is 10.2 Å². The van der Waals surface area contributed by atoms with Crippen molar-refractivity contribution in [3.8, 4) is 11.5 Å². The predicted molar refractivity (Wildman–Crippen MR) is 112 cm³/mol. The molecular formula is C19H19BrN8. The van der Waals surface area contributed by atoms with Gasteiger partial charge in [0, 0.05) is 37.7 Å². The molecule has 0 aliphatic carbocycles. The Balaban J connectivity index is 1.50. The molecule has 142 valence electrons. The number of hydrogen-bond acceptors (Lipinski definition) is 7. The third kappa shape index (κ3) is 3.00. The zero-order valence-electron chi connectivity index (χ0n) is 15.3. The lowest BCUT2D eigenvalue weighted by Crippen LogP contribution is -2.57. The number of aliphatic imine (C=N–C) groups is 1. The topological polar surface area (TPSA) is 83.6 Å². The maximum atomic E-state index is 4.87. The highest BCUT2D eigenvalue weighted by Gasteiger charge is 2.31. The number of nitrogens with one attached hydrogen (secondary N) is 1. The molecule has 0 saturated carbocycles. The van der Waals surface area contributed by atoms with Crippen LogP contribution in [0, 0.1) is 0 Å². The number of halogens is 1. The maximum Gasteiger partial charge on any atom is 0.180 e. The molecule has 2 atom stereocenters. The van der Waals surface area contributed by atoms with E-state index in [0.29, 0.717) is 5.82 Å². The fourth-order valence-electron chi connectivity index (χ4n) is 3.85. The van der Waals surface area contributed by atoms with Gasteiger partial charge in [-0.15, -0.1) is 0 Å². The van der Waals surface area contributed by atoms with Crippen LogP contribution in [0.3, 0.4) is 0 Å². The lowest BCUT2D eigenvalue weighted by molar-refractivity contribution is 0.425. The molecule has 8 nitrogen and oxygen atoms in total. The van der Waals surface area contributed by atoms with Gasteiger partial charge in [-0.1, -0.05) is 6.08 Å². The SMILES string of the molecule is CC1C(C2=CCN=C2)NCCN1c1ccnc(-c2cnc3cnc(Br)cn23)n1. The molecule has 1 saturated heterocycles. The molecule has 3 aromatic heterocycles. The highest BCUT2D eigenvalue weighted by Crippen LogP contribution is 2.25. The number of hydrogen-bond donors (Lipinski definition) is 1. The zero-order valence-corrected chi connectivity index (χ0v) is 16.9. The largest absolute Gasteiger partial charge is 0.351 e. The van der Waals surface area contributed by atoms with E-state index < -0.39 is 0 Å². The van der Waals surface area contributed by atoms with Crippen LogP contribution in [-0.4, -0.2) is 62.3 Å². The number of nitrogens with zero attached hydrogens (tertiary/aromatic N) is 7. The minimum absolute atomic E-state index is 0.247. The zero-order chi connectivity index (χ0) is 19.1. The van der Waals surface area contributed by atoms with Crippen molar-refractivity contribution in [3.63, 3.8) is 0 Å². The molecule has 0 spiro atoms. The van der Waals surface area contributed by atoms with E-state index in [1.165, 1.54) is 5.57 Å². The van der Waals surface area contributed by atoms with Gasteiger partial charge in [-0.2, -0.15) is 0 Å². The summed E-state index contributed by atoms with van der Waals surface area (Å²) in [4.78, 5) is 24.7. The van der Waals surface area contributed by atoms with Crippen molar-refractivity contribution in [2.45, 2.75) is 19.0 Å². The molecule has 5 heterocycles. The Kier molecular flexibility index (Phi) is 4.40. The van der Waals surface area contributed by atoms with Gasteiger partial charge in [0.2, 0.25) is 0 Å². The Morgan fingerprint density at radius 3 is 3.00 bits per heavy atom. The van der Waals surface area contributed by atoms with Crippen LogP contribution in [0.25, 0.3) is 17.2 Å². The summed E-state index contributed by atoms with van der Waals surface area (Å²) in [6, 6.07) is 2.48. The third-order valence-electron chi connectivity index (χ3n) is 5.25. The molecule has 3 aromatic rings. The minimum Gasteiger partial charge on any atom is -0.351 e. The second-order valence-electron chi connectivity index (χ2n) is 6.88. The number of rotatable bonds is 3. The summed E-state index contributed by atoms with van der Waals surface area (Å²) in [6.45, 7) is 4.79. The average Bonchev–Trinajstić information content (AvgIpc) is 3.38. The van der Waals surface area contributed by atoms with E-state index in [9.17, 15) is 0 Å². The molecule has 28 heavy (non-hydrogen) atoms. The van der Waals surface area contributed by atoms with E-state index >= 15 is 0 Å². The monoisotopic (exact) mass is 438 g/mol. The molecule has 5 rings (SSSR count). The number of aromatic nitrogens is 5. The van der Waals surface area contributed by atoms with E-state index in [1.54, 1.807) is 12.4 Å². The van der Waals surface area contributed by atoms with Gasteiger partial charge in [0.1, 0.15) is 16.1 Å². The van der Waals surface area contributed by atoms with Crippen LogP contribution in [0.2, 0.25) is 0 Å². The van der Waals surface area contributed by atoms with E-state index in [2.05, 4.69) is 59.1 Å². The van der Waals surface area contributed by atoms with Crippen molar-refractivity contribution in [3.05, 3.63) is 47.1 Å². The van der Waals surface area contributed by atoms with Crippen molar-refractivity contribution in [1.29, 1.82) is 0 Å². The van der Waals surface area contributed by atoms with Crippen molar-refractivity contribution < 1.29 is 0 Å². The van der Waals surface area contributed by atoms with Gasteiger partial charge in [0.05, 0.1) is 25.0 Å². The van der Waals surface area contributed by atoms with Gasteiger partial charge >= 0.3 is 0 Å². The van der Waals surface area contributed by atoms with Crippen LogP contribution in [-0.2, 0) is 0 Å². The second kappa shape index (κ2) is 7.06. The van der Waals surface area contributed by atoms with Gasteiger partial charge in [-0.25, -0.2) is 19.9 Å². The van der Waals surface area contributed by atoms with Gasteiger partial charge in [0.25, 0.3) is 0 Å². The molecule has 0 amide bonds. The van der Waals surface area contributed by atoms with Crippen molar-refractivity contribution in [2.75, 3.05) is 24.5 Å². The summed E-state index contributed by atoms with van der Waals surface area (Å²) in [6.07, 6.45) is 11.4. The van der Waals surface area contributed by atoms with Crippen LogP contribution in [0.4, 0.5) is 5.82 Å². The Morgan fingerprint density at radius 1 is 1.21 bits per heavy atom. The standard InChI is InChI=1S/C19H19BrN8/c1-12-18(13-2-4-21-8-13)22-6-7-27(12)16-3-5-23-19(26-16)14-9-25-17-10-24-15(20)11-28(14)17/h2-3,5,8-12,18,22H,4,6-7H2,1H3.